The molecule has 0 unspecified atom stereocenters. The van der Waals surface area contributed by atoms with Gasteiger partial charge in [0.2, 0.25) is 17.7 Å². The molecule has 4 aliphatic carbocycles. The summed E-state index contributed by atoms with van der Waals surface area (Å²) in [4.78, 5) is 42.9. The zero-order valence-electron chi connectivity index (χ0n) is 24.9. The molecule has 6 nitrogen and oxygen atoms in total. The summed E-state index contributed by atoms with van der Waals surface area (Å²) in [6, 6.07) is 24.0. The molecular formula is C37H38N2O4. The van der Waals surface area contributed by atoms with Gasteiger partial charge in [-0.1, -0.05) is 75.4 Å². The van der Waals surface area contributed by atoms with Crippen LogP contribution in [-0.4, -0.2) is 28.7 Å². The Labute approximate surface area is 253 Å². The molecule has 3 aromatic carbocycles. The van der Waals surface area contributed by atoms with E-state index >= 15 is 0 Å². The molecule has 0 radical (unpaired) electrons. The molecule has 6 heteroatoms. The maximum Gasteiger partial charge on any atom is 0.248 e. The molecule has 220 valence electrons. The maximum atomic E-state index is 13.9. The Morgan fingerprint density at radius 2 is 1.42 bits per heavy atom. The molecule has 1 heterocycles. The average Bonchev–Trinajstić information content (AvgIpc) is 3.81. The molecule has 0 spiro atoms. The van der Waals surface area contributed by atoms with Gasteiger partial charge in [0.1, 0.15) is 17.5 Å². The summed E-state index contributed by atoms with van der Waals surface area (Å²) in [7, 11) is 0. The van der Waals surface area contributed by atoms with Gasteiger partial charge in [0.15, 0.2) is 0 Å². The number of nitrogens with one attached hydrogen (secondary N) is 1. The third-order valence-corrected chi connectivity index (χ3v) is 10.5. The van der Waals surface area contributed by atoms with Crippen LogP contribution in [0.2, 0.25) is 0 Å². The molecule has 1 aliphatic heterocycles. The first kappa shape index (κ1) is 27.6. The summed E-state index contributed by atoms with van der Waals surface area (Å²) in [6.45, 7) is 6.64. The minimum absolute atomic E-state index is 0.107. The lowest BCUT2D eigenvalue weighted by atomic mass is 9.63. The standard InChI is InChI=1S/C37H38N2O4/c1-4-37(2,3)23-10-14-25(15-11-23)43-26-16-12-24(13-17-26)38-34(40)31(20-22-8-6-5-7-9-22)39-35(41)32-27-18-19-28(30-21-29(27)30)33(32)36(39)42/h5-19,27-33H,4,20-21H2,1-3H3,(H,38,40)/t27-,28-,29-,30-,31+,32+,33+/m1/s1. The van der Waals surface area contributed by atoms with Crippen molar-refractivity contribution < 1.29 is 19.1 Å². The summed E-state index contributed by atoms with van der Waals surface area (Å²) >= 11 is 0. The van der Waals surface area contributed by atoms with E-state index in [1.165, 1.54) is 10.5 Å². The Hall–Kier alpha value is -4.19. The highest BCUT2D eigenvalue weighted by molar-refractivity contribution is 6.10. The highest BCUT2D eigenvalue weighted by Gasteiger charge is 2.67. The fourth-order valence-electron chi connectivity index (χ4n) is 7.57. The smallest absolute Gasteiger partial charge is 0.248 e. The first-order chi connectivity index (χ1) is 20.7. The molecule has 2 saturated carbocycles. The van der Waals surface area contributed by atoms with Crippen LogP contribution in [0.3, 0.4) is 0 Å². The van der Waals surface area contributed by atoms with Crippen molar-refractivity contribution in [2.75, 3.05) is 5.32 Å². The Morgan fingerprint density at radius 3 is 1.98 bits per heavy atom. The van der Waals surface area contributed by atoms with E-state index in [0.29, 0.717) is 23.3 Å². The third kappa shape index (κ3) is 4.87. The van der Waals surface area contributed by atoms with Crippen molar-refractivity contribution >= 4 is 23.4 Å². The van der Waals surface area contributed by atoms with Crippen LogP contribution in [0.25, 0.3) is 0 Å². The van der Waals surface area contributed by atoms with Crippen LogP contribution in [-0.2, 0) is 26.2 Å². The van der Waals surface area contributed by atoms with Gasteiger partial charge in [-0.2, -0.15) is 0 Å². The van der Waals surface area contributed by atoms with Crippen molar-refractivity contribution in [3.8, 4) is 11.5 Å². The summed E-state index contributed by atoms with van der Waals surface area (Å²) < 4.78 is 6.05. The predicted molar refractivity (Wildman–Crippen MR) is 165 cm³/mol. The lowest BCUT2D eigenvalue weighted by Gasteiger charge is -2.37. The van der Waals surface area contributed by atoms with Crippen molar-refractivity contribution in [1.82, 2.24) is 4.90 Å². The molecule has 3 amide bonds. The van der Waals surface area contributed by atoms with Gasteiger partial charge in [-0.25, -0.2) is 0 Å². The molecule has 2 bridgehead atoms. The normalized spacial score (nSPS) is 27.5. The third-order valence-electron chi connectivity index (χ3n) is 10.5. The van der Waals surface area contributed by atoms with E-state index in [4.69, 9.17) is 4.74 Å². The number of anilines is 1. The fraction of sp³-hybridized carbons (Fsp3) is 0.378. The quantitative estimate of drug-likeness (QED) is 0.226. The van der Waals surface area contributed by atoms with Crippen LogP contribution in [0.5, 0.6) is 11.5 Å². The van der Waals surface area contributed by atoms with E-state index in [1.807, 2.05) is 54.6 Å². The van der Waals surface area contributed by atoms with Crippen molar-refractivity contribution in [3.63, 3.8) is 0 Å². The number of likely N-dealkylation sites (tertiary alicyclic amines) is 1. The summed E-state index contributed by atoms with van der Waals surface area (Å²) in [5.74, 6) is 1.23. The number of ether oxygens (including phenoxy) is 1. The second kappa shape index (κ2) is 10.5. The van der Waals surface area contributed by atoms with E-state index in [2.05, 4.69) is 50.4 Å². The van der Waals surface area contributed by atoms with E-state index in [-0.39, 0.29) is 53.2 Å². The average molecular weight is 575 g/mol. The molecule has 0 aromatic heterocycles. The van der Waals surface area contributed by atoms with Gasteiger partial charge in [-0.05, 0) is 89.5 Å². The minimum atomic E-state index is -0.925. The Kier molecular flexibility index (Phi) is 6.76. The van der Waals surface area contributed by atoms with E-state index in [9.17, 15) is 14.4 Å². The molecular weight excluding hydrogens is 536 g/mol. The number of rotatable bonds is 9. The molecule has 1 N–H and O–H groups in total. The summed E-state index contributed by atoms with van der Waals surface area (Å²) in [5.41, 5.74) is 2.85. The number of nitrogens with zero attached hydrogens (tertiary/aromatic N) is 1. The lowest BCUT2D eigenvalue weighted by molar-refractivity contribution is -0.146. The number of imide groups is 1. The van der Waals surface area contributed by atoms with Crippen molar-refractivity contribution in [1.29, 1.82) is 0 Å². The Morgan fingerprint density at radius 1 is 0.860 bits per heavy atom. The summed E-state index contributed by atoms with van der Waals surface area (Å²) in [5, 5.41) is 2.98. The molecule has 5 aliphatic rings. The Balaban J connectivity index is 1.08. The number of carbonyl (C=O) groups excluding carboxylic acids is 3. The topological polar surface area (TPSA) is 75.7 Å². The van der Waals surface area contributed by atoms with Crippen molar-refractivity contribution in [3.05, 3.63) is 102 Å². The zero-order valence-corrected chi connectivity index (χ0v) is 24.9. The molecule has 8 rings (SSSR count). The van der Waals surface area contributed by atoms with Crippen LogP contribution in [0.15, 0.2) is 91.0 Å². The first-order valence-electron chi connectivity index (χ1n) is 15.5. The number of carbonyl (C=O) groups is 3. The van der Waals surface area contributed by atoms with Crippen LogP contribution in [0.1, 0.15) is 44.7 Å². The Bertz CT molecular complexity index is 1540. The molecule has 7 atom stereocenters. The van der Waals surface area contributed by atoms with Gasteiger partial charge in [0.25, 0.3) is 0 Å². The van der Waals surface area contributed by atoms with Gasteiger partial charge >= 0.3 is 0 Å². The zero-order chi connectivity index (χ0) is 29.9. The number of benzene rings is 3. The number of hydrogen-bond acceptors (Lipinski definition) is 4. The van der Waals surface area contributed by atoms with E-state index in [1.54, 1.807) is 12.1 Å². The van der Waals surface area contributed by atoms with Gasteiger partial charge in [-0.3, -0.25) is 19.3 Å². The van der Waals surface area contributed by atoms with Gasteiger partial charge < -0.3 is 10.1 Å². The monoisotopic (exact) mass is 574 g/mol. The van der Waals surface area contributed by atoms with Gasteiger partial charge in [0.05, 0.1) is 11.8 Å². The highest BCUT2D eigenvalue weighted by Crippen LogP contribution is 2.65. The largest absolute Gasteiger partial charge is 0.457 e. The van der Waals surface area contributed by atoms with E-state index < -0.39 is 6.04 Å². The van der Waals surface area contributed by atoms with Crippen molar-refractivity contribution in [2.24, 2.45) is 35.5 Å². The minimum Gasteiger partial charge on any atom is -0.457 e. The number of amides is 3. The fourth-order valence-corrected chi connectivity index (χ4v) is 7.57. The molecule has 3 fully saturated rings. The summed E-state index contributed by atoms with van der Waals surface area (Å²) in [6.07, 6.45) is 6.74. The van der Waals surface area contributed by atoms with Crippen LogP contribution in [0.4, 0.5) is 5.69 Å². The molecule has 3 aromatic rings. The number of allylic oxidation sites excluding steroid dienone is 2. The molecule has 1 saturated heterocycles. The van der Waals surface area contributed by atoms with Crippen molar-refractivity contribution in [2.45, 2.75) is 51.5 Å². The SMILES string of the molecule is CCC(C)(C)c1ccc(Oc2ccc(NC(=O)[C@H](Cc3ccccc3)N3C(=O)[C@H]4[C@@H]5C=C[C@H]([C@H]6C[C@H]56)[C@@H]4C3=O)cc2)cc1. The highest BCUT2D eigenvalue weighted by atomic mass is 16.5. The first-order valence-corrected chi connectivity index (χ1v) is 15.5. The van der Waals surface area contributed by atoms with Gasteiger partial charge in [-0.15, -0.1) is 0 Å². The van der Waals surface area contributed by atoms with Crippen LogP contribution < -0.4 is 10.1 Å². The van der Waals surface area contributed by atoms with Gasteiger partial charge in [0, 0.05) is 12.1 Å². The van der Waals surface area contributed by atoms with Crippen LogP contribution >= 0.6 is 0 Å². The van der Waals surface area contributed by atoms with E-state index in [0.717, 1.165) is 24.2 Å². The molecule has 43 heavy (non-hydrogen) atoms. The second-order valence-electron chi connectivity index (χ2n) is 13.3. The van der Waals surface area contributed by atoms with Crippen LogP contribution in [0, 0.1) is 35.5 Å². The second-order valence-corrected chi connectivity index (χ2v) is 13.3. The lowest BCUT2D eigenvalue weighted by Crippen LogP contribution is -2.49. The number of hydrogen-bond donors (Lipinski definition) is 1. The maximum absolute atomic E-state index is 13.9. The predicted octanol–water partition coefficient (Wildman–Crippen LogP) is 6.77.